The van der Waals surface area contributed by atoms with Crippen LogP contribution in [0.2, 0.25) is 0 Å². The molecule has 5 nitrogen and oxygen atoms in total. The number of furan rings is 1. The summed E-state index contributed by atoms with van der Waals surface area (Å²) in [7, 11) is 0. The fourth-order valence-corrected chi connectivity index (χ4v) is 1.87. The molecule has 2 aromatic rings. The molecule has 0 atom stereocenters. The van der Waals surface area contributed by atoms with Crippen molar-refractivity contribution in [3.05, 3.63) is 50.8 Å². The summed E-state index contributed by atoms with van der Waals surface area (Å²) in [5.74, 6) is 0.219. The van der Waals surface area contributed by atoms with E-state index in [0.29, 0.717) is 16.0 Å². The maximum atomic E-state index is 11.7. The van der Waals surface area contributed by atoms with E-state index in [-0.39, 0.29) is 11.7 Å². The Hall–Kier alpha value is -1.60. The number of hydrazone groups is 1. The number of carbonyl (C=O) groups is 1. The van der Waals surface area contributed by atoms with Crippen LogP contribution in [0.4, 0.5) is 0 Å². The Labute approximate surface area is 125 Å². The standard InChI is InChI=1S/C12H8Br2N2O3/c13-10-5-9(19-11(10)14)6-15-16-12(18)7-1-3-8(17)4-2-7/h1-6,17H,(H,16,18)/b15-6-. The summed E-state index contributed by atoms with van der Waals surface area (Å²) in [5.41, 5.74) is 2.75. The van der Waals surface area contributed by atoms with Gasteiger partial charge in [-0.3, -0.25) is 4.79 Å². The highest BCUT2D eigenvalue weighted by Gasteiger charge is 2.05. The molecule has 1 aromatic heterocycles. The molecule has 0 saturated heterocycles. The van der Waals surface area contributed by atoms with Gasteiger partial charge in [-0.15, -0.1) is 0 Å². The number of aromatic hydroxyl groups is 1. The smallest absolute Gasteiger partial charge is 0.271 e. The zero-order chi connectivity index (χ0) is 13.8. The highest BCUT2D eigenvalue weighted by molar-refractivity contribution is 9.13. The number of nitrogens with one attached hydrogen (secondary N) is 1. The molecule has 98 valence electrons. The summed E-state index contributed by atoms with van der Waals surface area (Å²) < 4.78 is 6.57. The number of rotatable bonds is 3. The minimum atomic E-state index is -0.374. The molecule has 1 aromatic carbocycles. The normalized spacial score (nSPS) is 10.8. The van der Waals surface area contributed by atoms with Crippen LogP contribution in [-0.2, 0) is 0 Å². The number of hydrogen-bond acceptors (Lipinski definition) is 4. The Morgan fingerprint density at radius 1 is 1.32 bits per heavy atom. The van der Waals surface area contributed by atoms with Gasteiger partial charge in [0.25, 0.3) is 5.91 Å². The summed E-state index contributed by atoms with van der Waals surface area (Å²) in [6.07, 6.45) is 1.38. The first-order valence-electron chi connectivity index (χ1n) is 5.13. The predicted molar refractivity (Wildman–Crippen MR) is 77.3 cm³/mol. The van der Waals surface area contributed by atoms with Gasteiger partial charge >= 0.3 is 0 Å². The van der Waals surface area contributed by atoms with Crippen molar-refractivity contribution < 1.29 is 14.3 Å². The van der Waals surface area contributed by atoms with Crippen molar-refractivity contribution in [1.29, 1.82) is 0 Å². The van der Waals surface area contributed by atoms with Crippen LogP contribution >= 0.6 is 31.9 Å². The molecule has 19 heavy (non-hydrogen) atoms. The average Bonchev–Trinajstić information content (AvgIpc) is 2.69. The van der Waals surface area contributed by atoms with Crippen molar-refractivity contribution in [2.24, 2.45) is 5.10 Å². The van der Waals surface area contributed by atoms with E-state index in [1.54, 1.807) is 6.07 Å². The monoisotopic (exact) mass is 386 g/mol. The maximum absolute atomic E-state index is 11.7. The molecule has 1 amide bonds. The molecule has 0 spiro atoms. The molecule has 0 radical (unpaired) electrons. The number of phenols is 1. The molecule has 0 aliphatic heterocycles. The summed E-state index contributed by atoms with van der Waals surface area (Å²) in [6.45, 7) is 0. The Morgan fingerprint density at radius 3 is 2.58 bits per heavy atom. The molecule has 1 heterocycles. The second kappa shape index (κ2) is 6.03. The molecule has 0 saturated carbocycles. The number of nitrogens with zero attached hydrogens (tertiary/aromatic N) is 1. The van der Waals surface area contributed by atoms with Crippen molar-refractivity contribution in [2.75, 3.05) is 0 Å². The average molecular weight is 388 g/mol. The van der Waals surface area contributed by atoms with Gasteiger partial charge in [-0.05, 0) is 56.1 Å². The first kappa shape index (κ1) is 13.8. The summed E-state index contributed by atoms with van der Waals surface area (Å²) in [6, 6.07) is 7.57. The van der Waals surface area contributed by atoms with Crippen molar-refractivity contribution in [2.45, 2.75) is 0 Å². The largest absolute Gasteiger partial charge is 0.508 e. The van der Waals surface area contributed by atoms with E-state index in [1.807, 2.05) is 0 Å². The van der Waals surface area contributed by atoms with Crippen molar-refractivity contribution in [3.63, 3.8) is 0 Å². The number of benzene rings is 1. The van der Waals surface area contributed by atoms with Crippen LogP contribution in [0.1, 0.15) is 16.1 Å². The number of amides is 1. The number of halogens is 2. The lowest BCUT2D eigenvalue weighted by Crippen LogP contribution is -2.17. The number of carbonyl (C=O) groups excluding carboxylic acids is 1. The van der Waals surface area contributed by atoms with Crippen LogP contribution in [0.25, 0.3) is 0 Å². The van der Waals surface area contributed by atoms with E-state index in [4.69, 9.17) is 9.52 Å². The fourth-order valence-electron chi connectivity index (χ4n) is 1.26. The molecular weight excluding hydrogens is 380 g/mol. The third-order valence-electron chi connectivity index (χ3n) is 2.15. The highest BCUT2D eigenvalue weighted by atomic mass is 79.9. The topological polar surface area (TPSA) is 74.8 Å². The van der Waals surface area contributed by atoms with Crippen molar-refractivity contribution in [1.82, 2.24) is 5.43 Å². The van der Waals surface area contributed by atoms with E-state index in [1.165, 1.54) is 30.5 Å². The van der Waals surface area contributed by atoms with Gasteiger partial charge in [0.15, 0.2) is 4.67 Å². The fraction of sp³-hybridized carbons (Fsp3) is 0. The molecule has 2 N–H and O–H groups in total. The van der Waals surface area contributed by atoms with E-state index in [2.05, 4.69) is 42.4 Å². The molecule has 2 rings (SSSR count). The molecule has 0 unspecified atom stereocenters. The van der Waals surface area contributed by atoms with Crippen LogP contribution in [0, 0.1) is 0 Å². The SMILES string of the molecule is O=C(N/N=C\c1cc(Br)c(Br)o1)c1ccc(O)cc1. The van der Waals surface area contributed by atoms with E-state index in [0.717, 1.165) is 4.47 Å². The zero-order valence-electron chi connectivity index (χ0n) is 9.43. The zero-order valence-corrected chi connectivity index (χ0v) is 12.6. The van der Waals surface area contributed by atoms with Gasteiger partial charge in [-0.25, -0.2) is 5.43 Å². The second-order valence-corrected chi connectivity index (χ2v) is 5.09. The lowest BCUT2D eigenvalue weighted by atomic mass is 10.2. The second-order valence-electron chi connectivity index (χ2n) is 3.52. The van der Waals surface area contributed by atoms with Gasteiger partial charge in [0.1, 0.15) is 11.5 Å². The lowest BCUT2D eigenvalue weighted by Gasteiger charge is -1.99. The lowest BCUT2D eigenvalue weighted by molar-refractivity contribution is 0.0955. The minimum Gasteiger partial charge on any atom is -0.508 e. The van der Waals surface area contributed by atoms with Crippen molar-refractivity contribution in [3.8, 4) is 5.75 Å². The van der Waals surface area contributed by atoms with Crippen LogP contribution in [-0.4, -0.2) is 17.2 Å². The van der Waals surface area contributed by atoms with Gasteiger partial charge in [-0.2, -0.15) is 5.10 Å². The predicted octanol–water partition coefficient (Wildman–Crippen LogP) is 3.27. The molecule has 7 heteroatoms. The Morgan fingerprint density at radius 2 is 2.00 bits per heavy atom. The quantitative estimate of drug-likeness (QED) is 0.626. The molecule has 0 aliphatic carbocycles. The van der Waals surface area contributed by atoms with Crippen LogP contribution in [0.15, 0.2) is 49.0 Å². The number of phenolic OH excluding ortho intramolecular Hbond substituents is 1. The molecular formula is C12H8Br2N2O3. The maximum Gasteiger partial charge on any atom is 0.271 e. The molecule has 0 bridgehead atoms. The summed E-state index contributed by atoms with van der Waals surface area (Å²) in [5, 5.41) is 12.9. The van der Waals surface area contributed by atoms with E-state index < -0.39 is 0 Å². The Kier molecular flexibility index (Phi) is 4.39. The highest BCUT2D eigenvalue weighted by Crippen LogP contribution is 2.25. The summed E-state index contributed by atoms with van der Waals surface area (Å²) >= 11 is 6.46. The van der Waals surface area contributed by atoms with Crippen molar-refractivity contribution >= 4 is 44.0 Å². The first-order chi connectivity index (χ1) is 9.06. The molecule has 0 aliphatic rings. The summed E-state index contributed by atoms with van der Waals surface area (Å²) in [4.78, 5) is 11.7. The van der Waals surface area contributed by atoms with Gasteiger partial charge in [0.05, 0.1) is 10.7 Å². The minimum absolute atomic E-state index is 0.102. The van der Waals surface area contributed by atoms with Gasteiger partial charge < -0.3 is 9.52 Å². The molecule has 0 fully saturated rings. The third kappa shape index (κ3) is 3.68. The van der Waals surface area contributed by atoms with Gasteiger partial charge in [0, 0.05) is 11.6 Å². The van der Waals surface area contributed by atoms with Crippen LogP contribution in [0.5, 0.6) is 5.75 Å². The number of hydrogen-bond donors (Lipinski definition) is 2. The van der Waals surface area contributed by atoms with E-state index in [9.17, 15) is 4.79 Å². The Balaban J connectivity index is 1.98. The Bertz CT molecular complexity index is 601. The first-order valence-corrected chi connectivity index (χ1v) is 6.72. The van der Waals surface area contributed by atoms with Gasteiger partial charge in [0.2, 0.25) is 0 Å². The van der Waals surface area contributed by atoms with Gasteiger partial charge in [-0.1, -0.05) is 0 Å². The third-order valence-corrected chi connectivity index (χ3v) is 3.86. The van der Waals surface area contributed by atoms with E-state index >= 15 is 0 Å². The van der Waals surface area contributed by atoms with Crippen LogP contribution < -0.4 is 5.43 Å². The van der Waals surface area contributed by atoms with Crippen LogP contribution in [0.3, 0.4) is 0 Å².